The Morgan fingerprint density at radius 2 is 1.75 bits per heavy atom. The largest absolute Gasteiger partial charge is 0.481 e. The highest BCUT2D eigenvalue weighted by Crippen LogP contribution is 2.27. The normalized spacial score (nSPS) is 10.8. The fourth-order valence-electron chi connectivity index (χ4n) is 0.555. The van der Waals surface area contributed by atoms with E-state index < -0.39 is 17.4 Å². The Bertz CT molecular complexity index is 227. The lowest BCUT2D eigenvalue weighted by Crippen LogP contribution is -2.26. The van der Waals surface area contributed by atoms with Crippen molar-refractivity contribution < 1.29 is 19.8 Å². The smallest absolute Gasteiger partial charge is 0.313 e. The number of rotatable bonds is 4. The van der Waals surface area contributed by atoms with Crippen LogP contribution < -0.4 is 0 Å². The molecule has 0 spiro atoms. The zero-order valence-electron chi connectivity index (χ0n) is 7.13. The standard InChI is InChI=1S/C8H12O4/c1-5(4-6(9)10)8(2,3)7(11)12/h1,4H2,2-3H3,(H,9,10)(H,11,12). The summed E-state index contributed by atoms with van der Waals surface area (Å²) >= 11 is 0. The Kier molecular flexibility index (Phi) is 3.01. The Hall–Kier alpha value is -1.32. The molecule has 0 saturated heterocycles. The van der Waals surface area contributed by atoms with Crippen molar-refractivity contribution >= 4 is 11.9 Å². The fraction of sp³-hybridized carbons (Fsp3) is 0.500. The van der Waals surface area contributed by atoms with Crippen molar-refractivity contribution in [3.63, 3.8) is 0 Å². The van der Waals surface area contributed by atoms with Gasteiger partial charge in [-0.2, -0.15) is 0 Å². The van der Waals surface area contributed by atoms with Gasteiger partial charge in [-0.25, -0.2) is 0 Å². The highest BCUT2D eigenvalue weighted by molar-refractivity contribution is 5.80. The number of carbonyl (C=O) groups is 2. The van der Waals surface area contributed by atoms with Gasteiger partial charge in [-0.3, -0.25) is 9.59 Å². The van der Waals surface area contributed by atoms with E-state index in [1.165, 1.54) is 13.8 Å². The van der Waals surface area contributed by atoms with E-state index in [1.54, 1.807) is 0 Å². The van der Waals surface area contributed by atoms with Gasteiger partial charge in [-0.1, -0.05) is 6.58 Å². The summed E-state index contributed by atoms with van der Waals surface area (Å²) in [6, 6.07) is 0. The van der Waals surface area contributed by atoms with Gasteiger partial charge in [0.15, 0.2) is 0 Å². The van der Waals surface area contributed by atoms with Crippen molar-refractivity contribution in [3.05, 3.63) is 12.2 Å². The molecule has 0 aliphatic heterocycles. The first-order chi connectivity index (χ1) is 5.28. The maximum atomic E-state index is 10.6. The van der Waals surface area contributed by atoms with Crippen LogP contribution in [0.2, 0.25) is 0 Å². The van der Waals surface area contributed by atoms with Crippen molar-refractivity contribution in [2.75, 3.05) is 0 Å². The molecular formula is C8H12O4. The van der Waals surface area contributed by atoms with Gasteiger partial charge in [0.1, 0.15) is 0 Å². The Balaban J connectivity index is 4.47. The van der Waals surface area contributed by atoms with Gasteiger partial charge in [-0.15, -0.1) is 0 Å². The summed E-state index contributed by atoms with van der Waals surface area (Å²) in [7, 11) is 0. The van der Waals surface area contributed by atoms with E-state index >= 15 is 0 Å². The molecule has 0 aromatic carbocycles. The molecule has 0 fully saturated rings. The van der Waals surface area contributed by atoms with Gasteiger partial charge in [0.05, 0.1) is 11.8 Å². The Morgan fingerprint density at radius 3 is 2.00 bits per heavy atom. The molecular weight excluding hydrogens is 160 g/mol. The summed E-state index contributed by atoms with van der Waals surface area (Å²) in [5.74, 6) is -2.12. The van der Waals surface area contributed by atoms with Crippen LogP contribution in [0.25, 0.3) is 0 Å². The molecule has 12 heavy (non-hydrogen) atoms. The molecule has 0 heterocycles. The molecule has 0 amide bonds. The molecule has 4 nitrogen and oxygen atoms in total. The summed E-state index contributed by atoms with van der Waals surface area (Å²) in [6.45, 7) is 6.29. The molecule has 2 N–H and O–H groups in total. The fourth-order valence-corrected chi connectivity index (χ4v) is 0.555. The Labute approximate surface area is 70.5 Å². The lowest BCUT2D eigenvalue weighted by atomic mass is 9.83. The first-order valence-corrected chi connectivity index (χ1v) is 3.42. The quantitative estimate of drug-likeness (QED) is 0.623. The van der Waals surface area contributed by atoms with E-state index in [0.717, 1.165) is 0 Å². The second-order valence-electron chi connectivity index (χ2n) is 3.10. The predicted octanol–water partition coefficient (Wildman–Crippen LogP) is 1.13. The lowest BCUT2D eigenvalue weighted by Gasteiger charge is -2.20. The molecule has 0 saturated carbocycles. The lowest BCUT2D eigenvalue weighted by molar-refractivity contribution is -0.145. The minimum Gasteiger partial charge on any atom is -0.481 e. The minimum atomic E-state index is -1.17. The molecule has 0 rings (SSSR count). The summed E-state index contributed by atoms with van der Waals surface area (Å²) in [6.07, 6.45) is -0.306. The minimum absolute atomic E-state index is 0.197. The topological polar surface area (TPSA) is 74.6 Å². The van der Waals surface area contributed by atoms with E-state index in [1.807, 2.05) is 0 Å². The van der Waals surface area contributed by atoms with E-state index in [-0.39, 0.29) is 12.0 Å². The summed E-state index contributed by atoms with van der Waals surface area (Å²) in [5, 5.41) is 17.0. The van der Waals surface area contributed by atoms with Crippen LogP contribution in [0.4, 0.5) is 0 Å². The van der Waals surface area contributed by atoms with Gasteiger partial charge in [0.2, 0.25) is 0 Å². The van der Waals surface area contributed by atoms with Crippen LogP contribution in [-0.2, 0) is 9.59 Å². The molecule has 0 atom stereocenters. The molecule has 4 heteroatoms. The van der Waals surface area contributed by atoms with Crippen LogP contribution in [0.1, 0.15) is 20.3 Å². The highest BCUT2D eigenvalue weighted by atomic mass is 16.4. The molecule has 68 valence electrons. The van der Waals surface area contributed by atoms with Gasteiger partial charge in [0.25, 0.3) is 0 Å². The van der Waals surface area contributed by atoms with Crippen LogP contribution in [0.3, 0.4) is 0 Å². The molecule has 0 aromatic rings. The van der Waals surface area contributed by atoms with Crippen molar-refractivity contribution in [1.29, 1.82) is 0 Å². The van der Waals surface area contributed by atoms with Crippen molar-refractivity contribution in [3.8, 4) is 0 Å². The molecule has 0 unspecified atom stereocenters. The van der Waals surface area contributed by atoms with Crippen molar-refractivity contribution in [2.24, 2.45) is 5.41 Å². The van der Waals surface area contributed by atoms with Crippen LogP contribution in [0.15, 0.2) is 12.2 Å². The molecule has 0 radical (unpaired) electrons. The highest BCUT2D eigenvalue weighted by Gasteiger charge is 2.31. The number of hydrogen-bond donors (Lipinski definition) is 2. The third-order valence-corrected chi connectivity index (χ3v) is 1.78. The Morgan fingerprint density at radius 1 is 1.33 bits per heavy atom. The number of aliphatic carboxylic acids is 2. The molecule has 0 aliphatic carbocycles. The third kappa shape index (κ3) is 2.38. The van der Waals surface area contributed by atoms with Crippen LogP contribution in [0.5, 0.6) is 0 Å². The number of carboxylic acid groups (broad SMARTS) is 2. The summed E-state index contributed by atoms with van der Waals surface area (Å²) in [4.78, 5) is 20.8. The first-order valence-electron chi connectivity index (χ1n) is 3.42. The SMILES string of the molecule is C=C(CC(=O)O)C(C)(C)C(=O)O. The van der Waals surface area contributed by atoms with E-state index in [2.05, 4.69) is 6.58 Å². The zero-order chi connectivity index (χ0) is 9.94. The predicted molar refractivity (Wildman–Crippen MR) is 42.8 cm³/mol. The second kappa shape index (κ2) is 3.38. The van der Waals surface area contributed by atoms with Crippen LogP contribution in [0, 0.1) is 5.41 Å². The number of carboxylic acids is 2. The molecule has 0 aromatic heterocycles. The van der Waals surface area contributed by atoms with Crippen LogP contribution >= 0.6 is 0 Å². The average molecular weight is 172 g/mol. The second-order valence-corrected chi connectivity index (χ2v) is 3.10. The monoisotopic (exact) mass is 172 g/mol. The first kappa shape index (κ1) is 10.7. The number of hydrogen-bond acceptors (Lipinski definition) is 2. The zero-order valence-corrected chi connectivity index (χ0v) is 7.13. The maximum Gasteiger partial charge on any atom is 0.313 e. The van der Waals surface area contributed by atoms with E-state index in [0.29, 0.717) is 0 Å². The van der Waals surface area contributed by atoms with Gasteiger partial charge in [0, 0.05) is 0 Å². The molecule has 0 bridgehead atoms. The molecule has 0 aliphatic rings. The third-order valence-electron chi connectivity index (χ3n) is 1.78. The summed E-state index contributed by atoms with van der Waals surface area (Å²) in [5.41, 5.74) is -0.972. The van der Waals surface area contributed by atoms with Crippen LogP contribution in [-0.4, -0.2) is 22.2 Å². The maximum absolute atomic E-state index is 10.6. The van der Waals surface area contributed by atoms with E-state index in [9.17, 15) is 9.59 Å². The van der Waals surface area contributed by atoms with Gasteiger partial charge in [-0.05, 0) is 19.4 Å². The van der Waals surface area contributed by atoms with E-state index in [4.69, 9.17) is 10.2 Å². The van der Waals surface area contributed by atoms with Crippen molar-refractivity contribution in [2.45, 2.75) is 20.3 Å². The average Bonchev–Trinajstić information content (AvgIpc) is 1.85. The van der Waals surface area contributed by atoms with Crippen molar-refractivity contribution in [1.82, 2.24) is 0 Å². The van der Waals surface area contributed by atoms with Gasteiger partial charge >= 0.3 is 11.9 Å². The van der Waals surface area contributed by atoms with Gasteiger partial charge < -0.3 is 10.2 Å². The summed E-state index contributed by atoms with van der Waals surface area (Å²) < 4.78 is 0.